The molecule has 0 spiro atoms. The minimum absolute atomic E-state index is 0.169. The van der Waals surface area contributed by atoms with E-state index in [4.69, 9.17) is 5.73 Å². The fourth-order valence-corrected chi connectivity index (χ4v) is 3.45. The molecule has 0 unspecified atom stereocenters. The van der Waals surface area contributed by atoms with Gasteiger partial charge in [0.25, 0.3) is 0 Å². The van der Waals surface area contributed by atoms with Crippen LogP contribution < -0.4 is 11.1 Å². The minimum Gasteiger partial charge on any atom is -0.352 e. The first-order valence-electron chi connectivity index (χ1n) is 7.70. The fourth-order valence-electron chi connectivity index (χ4n) is 3.45. The van der Waals surface area contributed by atoms with E-state index in [1.165, 1.54) is 0 Å². The summed E-state index contributed by atoms with van der Waals surface area (Å²) in [5.41, 5.74) is 5.95. The van der Waals surface area contributed by atoms with Crippen molar-refractivity contribution in [2.75, 3.05) is 6.54 Å². The number of hydrogen-bond acceptors (Lipinski definition) is 2. The van der Waals surface area contributed by atoms with Gasteiger partial charge in [-0.1, -0.05) is 54.4 Å². The van der Waals surface area contributed by atoms with E-state index in [-0.39, 0.29) is 28.2 Å². The Balaban J connectivity index is 2.79. The van der Waals surface area contributed by atoms with Gasteiger partial charge in [0.2, 0.25) is 5.91 Å². The molecule has 1 rings (SSSR count). The average Bonchev–Trinajstić information content (AvgIpc) is 2.71. The summed E-state index contributed by atoms with van der Waals surface area (Å²) < 4.78 is 0. The van der Waals surface area contributed by atoms with E-state index < -0.39 is 0 Å². The molecule has 0 aromatic rings. The van der Waals surface area contributed by atoms with Crippen molar-refractivity contribution in [1.29, 1.82) is 0 Å². The van der Waals surface area contributed by atoms with Crippen LogP contribution >= 0.6 is 0 Å². The third-order valence-corrected chi connectivity index (χ3v) is 5.63. The zero-order valence-corrected chi connectivity index (χ0v) is 13.6. The van der Waals surface area contributed by atoms with E-state index in [1.54, 1.807) is 0 Å². The van der Waals surface area contributed by atoms with Gasteiger partial charge in [0.05, 0.1) is 5.41 Å². The van der Waals surface area contributed by atoms with Gasteiger partial charge in [-0.25, -0.2) is 0 Å². The number of carbonyl (C=O) groups is 1. The molecular formula is C16H32N2O. The maximum atomic E-state index is 12.7. The maximum Gasteiger partial charge on any atom is 0.227 e. The molecule has 3 N–H and O–H groups in total. The number of carbonyl (C=O) groups excluding carboxylic acids is 1. The second-order valence-corrected chi connectivity index (χ2v) is 7.33. The first-order chi connectivity index (χ1) is 8.69. The van der Waals surface area contributed by atoms with Gasteiger partial charge in [0.1, 0.15) is 0 Å². The Labute approximate surface area is 118 Å². The van der Waals surface area contributed by atoms with Gasteiger partial charge in [-0.2, -0.15) is 0 Å². The van der Waals surface area contributed by atoms with Gasteiger partial charge in [-0.3, -0.25) is 4.79 Å². The van der Waals surface area contributed by atoms with E-state index in [0.29, 0.717) is 6.54 Å². The lowest BCUT2D eigenvalue weighted by Crippen LogP contribution is -2.47. The molecule has 0 radical (unpaired) electrons. The summed E-state index contributed by atoms with van der Waals surface area (Å²) >= 11 is 0. The number of nitrogens with two attached hydrogens (primary N) is 1. The van der Waals surface area contributed by atoms with Crippen LogP contribution in [0.2, 0.25) is 0 Å². The highest BCUT2D eigenvalue weighted by atomic mass is 16.2. The number of hydrogen-bond donors (Lipinski definition) is 2. The van der Waals surface area contributed by atoms with Gasteiger partial charge >= 0.3 is 0 Å². The summed E-state index contributed by atoms with van der Waals surface area (Å²) in [6, 6.07) is 0.270. The Morgan fingerprint density at radius 2 is 1.53 bits per heavy atom. The van der Waals surface area contributed by atoms with Crippen molar-refractivity contribution in [3.8, 4) is 0 Å². The molecule has 0 heterocycles. The molecule has 0 atom stereocenters. The Morgan fingerprint density at radius 1 is 1.11 bits per heavy atom. The Morgan fingerprint density at radius 3 is 1.79 bits per heavy atom. The van der Waals surface area contributed by atoms with Crippen LogP contribution in [0.25, 0.3) is 0 Å². The summed E-state index contributed by atoms with van der Waals surface area (Å²) in [7, 11) is 0. The Kier molecular flexibility index (Phi) is 4.71. The first-order valence-corrected chi connectivity index (χ1v) is 7.70. The molecule has 3 heteroatoms. The molecule has 19 heavy (non-hydrogen) atoms. The lowest BCUT2D eigenvalue weighted by molar-refractivity contribution is -0.132. The van der Waals surface area contributed by atoms with Gasteiger partial charge < -0.3 is 11.1 Å². The molecule has 1 saturated carbocycles. The van der Waals surface area contributed by atoms with Crippen LogP contribution in [0.1, 0.15) is 67.2 Å². The van der Waals surface area contributed by atoms with E-state index >= 15 is 0 Å². The van der Waals surface area contributed by atoms with Crippen LogP contribution in [0.3, 0.4) is 0 Å². The van der Waals surface area contributed by atoms with Crippen LogP contribution in [-0.4, -0.2) is 18.5 Å². The average molecular weight is 268 g/mol. The highest BCUT2D eigenvalue weighted by Crippen LogP contribution is 2.62. The molecule has 0 aromatic heterocycles. The Hall–Kier alpha value is -0.570. The Bertz CT molecular complexity index is 314. The largest absolute Gasteiger partial charge is 0.352 e. The summed E-state index contributed by atoms with van der Waals surface area (Å²) in [5.74, 6) is 0.169. The van der Waals surface area contributed by atoms with Gasteiger partial charge in [-0.15, -0.1) is 0 Å². The van der Waals surface area contributed by atoms with E-state index in [9.17, 15) is 4.79 Å². The van der Waals surface area contributed by atoms with Crippen LogP contribution in [-0.2, 0) is 4.79 Å². The van der Waals surface area contributed by atoms with Crippen molar-refractivity contribution in [1.82, 2.24) is 5.32 Å². The zero-order chi connectivity index (χ0) is 14.9. The SMILES string of the molecule is CCCC(CN)(CCC)C(=O)NC1C(C)(C)C1(C)C. The predicted octanol–water partition coefficient (Wildman–Crippen LogP) is 3.08. The quantitative estimate of drug-likeness (QED) is 0.745. The lowest BCUT2D eigenvalue weighted by atomic mass is 9.78. The molecule has 1 aliphatic carbocycles. The van der Waals surface area contributed by atoms with Gasteiger partial charge in [-0.05, 0) is 23.7 Å². The molecule has 0 aromatic carbocycles. The summed E-state index contributed by atoms with van der Waals surface area (Å²) in [4.78, 5) is 12.7. The van der Waals surface area contributed by atoms with Crippen LogP contribution in [0.4, 0.5) is 0 Å². The van der Waals surface area contributed by atoms with Crippen molar-refractivity contribution in [2.24, 2.45) is 22.0 Å². The van der Waals surface area contributed by atoms with Crippen LogP contribution in [0, 0.1) is 16.2 Å². The highest BCUT2D eigenvalue weighted by molar-refractivity contribution is 5.83. The van der Waals surface area contributed by atoms with Gasteiger partial charge in [0, 0.05) is 12.6 Å². The van der Waals surface area contributed by atoms with Crippen molar-refractivity contribution >= 4 is 5.91 Å². The van der Waals surface area contributed by atoms with Crippen molar-refractivity contribution in [3.63, 3.8) is 0 Å². The van der Waals surface area contributed by atoms with Crippen LogP contribution in [0.5, 0.6) is 0 Å². The standard InChI is InChI=1S/C16H32N2O/c1-7-9-16(11-17,10-8-2)13(19)18-12-14(3,4)15(12,5)6/h12H,7-11,17H2,1-6H3,(H,18,19). The van der Waals surface area contributed by atoms with Crippen molar-refractivity contribution < 1.29 is 4.79 Å². The first kappa shape index (κ1) is 16.5. The molecule has 0 saturated heterocycles. The predicted molar refractivity (Wildman–Crippen MR) is 80.8 cm³/mol. The smallest absolute Gasteiger partial charge is 0.227 e. The summed E-state index contributed by atoms with van der Waals surface area (Å²) in [5, 5.41) is 3.28. The van der Waals surface area contributed by atoms with Crippen LogP contribution in [0.15, 0.2) is 0 Å². The third-order valence-electron chi connectivity index (χ3n) is 5.63. The molecule has 0 aliphatic heterocycles. The van der Waals surface area contributed by atoms with E-state index in [0.717, 1.165) is 25.7 Å². The second kappa shape index (κ2) is 5.43. The zero-order valence-electron chi connectivity index (χ0n) is 13.6. The summed E-state index contributed by atoms with van der Waals surface area (Å²) in [6.07, 6.45) is 3.78. The van der Waals surface area contributed by atoms with Crippen molar-refractivity contribution in [2.45, 2.75) is 73.3 Å². The molecule has 3 nitrogen and oxygen atoms in total. The van der Waals surface area contributed by atoms with Crippen molar-refractivity contribution in [3.05, 3.63) is 0 Å². The summed E-state index contributed by atoms with van der Waals surface area (Å²) in [6.45, 7) is 13.6. The number of rotatable bonds is 7. The molecule has 1 fully saturated rings. The molecule has 0 bridgehead atoms. The van der Waals surface area contributed by atoms with Gasteiger partial charge in [0.15, 0.2) is 0 Å². The lowest BCUT2D eigenvalue weighted by Gasteiger charge is -2.31. The maximum absolute atomic E-state index is 12.7. The monoisotopic (exact) mass is 268 g/mol. The second-order valence-electron chi connectivity index (χ2n) is 7.33. The topological polar surface area (TPSA) is 55.1 Å². The normalized spacial score (nSPS) is 21.2. The van der Waals surface area contributed by atoms with E-state index in [1.807, 2.05) is 0 Å². The third kappa shape index (κ3) is 2.67. The fraction of sp³-hybridized carbons (Fsp3) is 0.938. The molecule has 1 amide bonds. The molecule has 1 aliphatic rings. The van der Waals surface area contributed by atoms with E-state index in [2.05, 4.69) is 46.9 Å². The number of nitrogens with one attached hydrogen (secondary N) is 1. The molecular weight excluding hydrogens is 236 g/mol. The highest BCUT2D eigenvalue weighted by Gasteiger charge is 2.66. The minimum atomic E-state index is -0.363. The number of amides is 1. The molecule has 112 valence electrons.